The molecular weight excluding hydrogens is 224 g/mol. The van der Waals surface area contributed by atoms with Gasteiger partial charge in [-0.3, -0.25) is 19.8 Å². The lowest BCUT2D eigenvalue weighted by Gasteiger charge is -2.08. The highest BCUT2D eigenvalue weighted by Crippen LogP contribution is 2.08. The normalized spacial score (nSPS) is 9.35. The number of rotatable bonds is 3. The molecule has 1 aromatic rings. The topological polar surface area (TPSA) is 125 Å². The van der Waals surface area contributed by atoms with E-state index in [0.29, 0.717) is 6.42 Å². The Labute approximate surface area is 98.4 Å². The molecule has 1 aromatic heterocycles. The molecule has 0 aliphatic heterocycles. The molecule has 0 aliphatic carbocycles. The van der Waals surface area contributed by atoms with Gasteiger partial charge in [0.25, 0.3) is 5.56 Å². The van der Waals surface area contributed by atoms with E-state index in [1.807, 2.05) is 25.8 Å². The minimum Gasteiger partial charge on any atom is -0.494 e. The number of nitrogens with zero attached hydrogens (tertiary/aromatic N) is 1. The van der Waals surface area contributed by atoms with Crippen molar-refractivity contribution in [1.82, 2.24) is 9.55 Å². The average Bonchev–Trinajstić information content (AvgIpc) is 2.26. The largest absolute Gasteiger partial charge is 0.494 e. The number of H-pyrrole nitrogens is 1. The third kappa shape index (κ3) is 3.20. The second-order valence-electron chi connectivity index (χ2n) is 3.02. The molecule has 0 saturated carbocycles. The highest BCUT2D eigenvalue weighted by atomic mass is 16.3. The fourth-order valence-electron chi connectivity index (χ4n) is 1.23. The van der Waals surface area contributed by atoms with Crippen molar-refractivity contribution in [3.8, 4) is 5.88 Å². The summed E-state index contributed by atoms with van der Waals surface area (Å²) in [6, 6.07) is 0. The summed E-state index contributed by atoms with van der Waals surface area (Å²) in [7, 11) is 0. The predicted molar refractivity (Wildman–Crippen MR) is 65.6 cm³/mol. The molecule has 0 aliphatic rings. The van der Waals surface area contributed by atoms with Crippen molar-refractivity contribution in [2.24, 2.45) is 5.73 Å². The van der Waals surface area contributed by atoms with Gasteiger partial charge in [-0.05, 0) is 6.42 Å². The van der Waals surface area contributed by atoms with Crippen LogP contribution in [0.15, 0.2) is 9.59 Å². The third-order valence-electron chi connectivity index (χ3n) is 1.89. The van der Waals surface area contributed by atoms with Gasteiger partial charge in [0.05, 0.1) is 0 Å². The van der Waals surface area contributed by atoms with E-state index in [0.717, 1.165) is 4.57 Å². The van der Waals surface area contributed by atoms with Gasteiger partial charge in [-0.1, -0.05) is 20.8 Å². The molecule has 17 heavy (non-hydrogen) atoms. The first-order valence-corrected chi connectivity index (χ1v) is 5.39. The Hall–Kier alpha value is -2.05. The molecule has 0 atom stereocenters. The van der Waals surface area contributed by atoms with E-state index in [-0.39, 0.29) is 12.1 Å². The number of aromatic hydroxyl groups is 1. The zero-order valence-electron chi connectivity index (χ0n) is 10.2. The quantitative estimate of drug-likeness (QED) is 0.438. The summed E-state index contributed by atoms with van der Waals surface area (Å²) in [5.74, 6) is -1.13. The monoisotopic (exact) mass is 242 g/mol. The second-order valence-corrected chi connectivity index (χ2v) is 3.02. The molecular formula is C10H18N4O3. The zero-order valence-corrected chi connectivity index (χ0v) is 10.2. The molecule has 0 saturated heterocycles. The van der Waals surface area contributed by atoms with E-state index < -0.39 is 23.0 Å². The molecule has 1 rings (SSSR count). The Morgan fingerprint density at radius 2 is 2.00 bits per heavy atom. The lowest BCUT2D eigenvalue weighted by molar-refractivity contribution is 0.397. The van der Waals surface area contributed by atoms with Gasteiger partial charge in [-0.15, -0.1) is 0 Å². The molecule has 0 radical (unpaired) electrons. The van der Waals surface area contributed by atoms with Crippen molar-refractivity contribution in [3.63, 3.8) is 0 Å². The fourth-order valence-corrected chi connectivity index (χ4v) is 1.23. The molecule has 1 heterocycles. The zero-order chi connectivity index (χ0) is 13.6. The number of amidine groups is 1. The number of nitrogens with one attached hydrogen (secondary N) is 2. The molecule has 0 fully saturated rings. The van der Waals surface area contributed by atoms with E-state index in [1.54, 1.807) is 0 Å². The van der Waals surface area contributed by atoms with Crippen LogP contribution in [-0.2, 0) is 6.54 Å². The second kappa shape index (κ2) is 6.51. The maximum atomic E-state index is 11.3. The highest BCUT2D eigenvalue weighted by molar-refractivity contribution is 5.96. The van der Waals surface area contributed by atoms with Crippen LogP contribution in [0.3, 0.4) is 0 Å². The molecule has 0 bridgehead atoms. The Bertz CT molecular complexity index is 501. The number of aromatic nitrogens is 2. The van der Waals surface area contributed by atoms with Crippen LogP contribution in [-0.4, -0.2) is 20.5 Å². The highest BCUT2D eigenvalue weighted by Gasteiger charge is 2.15. The van der Waals surface area contributed by atoms with Gasteiger partial charge in [0.2, 0.25) is 5.88 Å². The first kappa shape index (κ1) is 14.9. The van der Waals surface area contributed by atoms with E-state index in [9.17, 15) is 14.7 Å². The van der Waals surface area contributed by atoms with E-state index in [4.69, 9.17) is 11.1 Å². The first-order chi connectivity index (χ1) is 7.99. The van der Waals surface area contributed by atoms with Gasteiger partial charge in [-0.25, -0.2) is 4.79 Å². The van der Waals surface area contributed by atoms with Gasteiger partial charge < -0.3 is 10.8 Å². The van der Waals surface area contributed by atoms with Crippen LogP contribution in [0.5, 0.6) is 5.88 Å². The summed E-state index contributed by atoms with van der Waals surface area (Å²) in [5.41, 5.74) is 3.19. The summed E-state index contributed by atoms with van der Waals surface area (Å²) in [6.45, 7) is 6.06. The van der Waals surface area contributed by atoms with Crippen LogP contribution in [0.25, 0.3) is 0 Å². The number of hydrogen-bond acceptors (Lipinski definition) is 4. The van der Waals surface area contributed by atoms with Gasteiger partial charge in [0.1, 0.15) is 11.4 Å². The predicted octanol–water partition coefficient (Wildman–Crippen LogP) is -0.0375. The summed E-state index contributed by atoms with van der Waals surface area (Å²) < 4.78 is 0.970. The van der Waals surface area contributed by atoms with Crippen molar-refractivity contribution >= 4 is 5.84 Å². The van der Waals surface area contributed by atoms with Gasteiger partial charge >= 0.3 is 5.69 Å². The summed E-state index contributed by atoms with van der Waals surface area (Å²) in [5, 5.41) is 16.7. The van der Waals surface area contributed by atoms with Crippen molar-refractivity contribution < 1.29 is 5.11 Å². The summed E-state index contributed by atoms with van der Waals surface area (Å²) >= 11 is 0. The van der Waals surface area contributed by atoms with E-state index in [2.05, 4.69) is 0 Å². The van der Waals surface area contributed by atoms with Crippen LogP contribution in [0.1, 0.15) is 32.8 Å². The van der Waals surface area contributed by atoms with Crippen molar-refractivity contribution in [1.29, 1.82) is 5.41 Å². The molecule has 0 amide bonds. The molecule has 0 unspecified atom stereocenters. The molecule has 7 nitrogen and oxygen atoms in total. The number of nitrogens with two attached hydrogens (primary N) is 1. The van der Waals surface area contributed by atoms with Crippen LogP contribution in [0.4, 0.5) is 0 Å². The van der Waals surface area contributed by atoms with E-state index in [1.165, 1.54) is 0 Å². The molecule has 0 spiro atoms. The average molecular weight is 242 g/mol. The standard InChI is InChI=1S/C8H12N4O3.C2H6/c1-2-3-12-7(14)4(5(9)10)6(13)11-8(12)15;1-2/h14H,2-3H2,1H3,(H3,9,10)(H,11,13,15);1-2H3. The Kier molecular flexibility index (Phi) is 5.73. The smallest absolute Gasteiger partial charge is 0.331 e. The first-order valence-electron chi connectivity index (χ1n) is 5.39. The summed E-state index contributed by atoms with van der Waals surface area (Å²) in [6.07, 6.45) is 0.608. The lowest BCUT2D eigenvalue weighted by atomic mass is 10.3. The summed E-state index contributed by atoms with van der Waals surface area (Å²) in [4.78, 5) is 24.5. The van der Waals surface area contributed by atoms with Crippen molar-refractivity contribution in [2.45, 2.75) is 33.7 Å². The minimum absolute atomic E-state index is 0.252. The SMILES string of the molecule is CC.CCCn1c(O)c(C(=N)N)c(=O)[nH]c1=O. The Morgan fingerprint density at radius 3 is 2.41 bits per heavy atom. The van der Waals surface area contributed by atoms with Crippen molar-refractivity contribution in [3.05, 3.63) is 26.4 Å². The van der Waals surface area contributed by atoms with Crippen LogP contribution >= 0.6 is 0 Å². The maximum absolute atomic E-state index is 11.3. The van der Waals surface area contributed by atoms with Crippen molar-refractivity contribution in [2.75, 3.05) is 0 Å². The maximum Gasteiger partial charge on any atom is 0.331 e. The molecule has 96 valence electrons. The fraction of sp³-hybridized carbons (Fsp3) is 0.500. The Balaban J connectivity index is 0.00000121. The lowest BCUT2D eigenvalue weighted by Crippen LogP contribution is -2.35. The third-order valence-corrected chi connectivity index (χ3v) is 1.89. The molecule has 5 N–H and O–H groups in total. The van der Waals surface area contributed by atoms with Gasteiger partial charge in [-0.2, -0.15) is 0 Å². The number of nitrogen functional groups attached to an aromatic ring is 1. The number of aromatic amines is 1. The van der Waals surface area contributed by atoms with Crippen LogP contribution in [0.2, 0.25) is 0 Å². The van der Waals surface area contributed by atoms with E-state index >= 15 is 0 Å². The minimum atomic E-state index is -0.850. The van der Waals surface area contributed by atoms with Crippen LogP contribution in [0, 0.1) is 5.41 Å². The molecule has 0 aromatic carbocycles. The Morgan fingerprint density at radius 1 is 1.47 bits per heavy atom. The van der Waals surface area contributed by atoms with Gasteiger partial charge in [0.15, 0.2) is 0 Å². The molecule has 7 heteroatoms. The number of hydrogen-bond donors (Lipinski definition) is 4. The van der Waals surface area contributed by atoms with Crippen LogP contribution < -0.4 is 17.0 Å². The van der Waals surface area contributed by atoms with Gasteiger partial charge in [0, 0.05) is 6.54 Å².